The molecule has 1 aliphatic carbocycles. The van der Waals surface area contributed by atoms with Gasteiger partial charge in [-0.25, -0.2) is 0 Å². The molecule has 1 aromatic rings. The lowest BCUT2D eigenvalue weighted by atomic mass is 9.81. The van der Waals surface area contributed by atoms with E-state index in [2.05, 4.69) is 5.32 Å². The minimum absolute atomic E-state index is 0.0202. The normalized spacial score (nSPS) is 25.3. The van der Waals surface area contributed by atoms with Gasteiger partial charge in [-0.2, -0.15) is 0 Å². The van der Waals surface area contributed by atoms with E-state index in [9.17, 15) is 19.5 Å². The number of benzene rings is 1. The second kappa shape index (κ2) is 7.71. The van der Waals surface area contributed by atoms with E-state index in [1.807, 2.05) is 44.2 Å². The van der Waals surface area contributed by atoms with Gasteiger partial charge < -0.3 is 15.3 Å². The number of hydrogen-bond donors (Lipinski definition) is 2. The summed E-state index contributed by atoms with van der Waals surface area (Å²) in [5.74, 6) is -1.21. The summed E-state index contributed by atoms with van der Waals surface area (Å²) in [5.41, 5.74) is 0.0936. The second-order valence-corrected chi connectivity index (χ2v) is 8.22. The van der Waals surface area contributed by atoms with Gasteiger partial charge in [0.15, 0.2) is 0 Å². The molecule has 3 atom stereocenters. The van der Waals surface area contributed by atoms with Crippen molar-refractivity contribution in [2.24, 2.45) is 17.3 Å². The van der Waals surface area contributed by atoms with Gasteiger partial charge in [0.25, 0.3) is 0 Å². The van der Waals surface area contributed by atoms with Crippen molar-refractivity contribution in [1.82, 2.24) is 10.2 Å². The summed E-state index contributed by atoms with van der Waals surface area (Å²) in [7, 11) is 0. The van der Waals surface area contributed by atoms with Crippen LogP contribution in [0, 0.1) is 17.3 Å². The first kappa shape index (κ1) is 19.4. The third-order valence-electron chi connectivity index (χ3n) is 6.07. The van der Waals surface area contributed by atoms with Gasteiger partial charge in [0.05, 0.1) is 11.8 Å². The molecule has 2 aliphatic rings. The van der Waals surface area contributed by atoms with Gasteiger partial charge in [0.2, 0.25) is 11.8 Å². The quantitative estimate of drug-likeness (QED) is 0.800. The molecule has 3 rings (SSSR count). The maximum absolute atomic E-state index is 13.1. The third kappa shape index (κ3) is 3.84. The number of hydrogen-bond acceptors (Lipinski definition) is 3. The molecule has 0 aromatic heterocycles. The van der Waals surface area contributed by atoms with Crippen molar-refractivity contribution in [3.63, 3.8) is 0 Å². The molecule has 1 aromatic carbocycles. The Hall–Kier alpha value is -2.37. The summed E-state index contributed by atoms with van der Waals surface area (Å²) >= 11 is 0. The summed E-state index contributed by atoms with van der Waals surface area (Å²) in [6.07, 6.45) is 2.60. The number of carboxylic acid groups (broad SMARTS) is 1. The van der Waals surface area contributed by atoms with E-state index in [1.54, 1.807) is 4.90 Å². The molecule has 0 spiro atoms. The number of nitrogens with one attached hydrogen (secondary N) is 1. The Morgan fingerprint density at radius 3 is 2.56 bits per heavy atom. The zero-order valence-electron chi connectivity index (χ0n) is 16.0. The van der Waals surface area contributed by atoms with Crippen LogP contribution in [0.5, 0.6) is 0 Å². The van der Waals surface area contributed by atoms with E-state index in [0.717, 1.165) is 18.4 Å². The number of carbonyl (C=O) groups is 3. The fourth-order valence-corrected chi connectivity index (χ4v) is 4.52. The molecule has 1 unspecified atom stereocenters. The van der Waals surface area contributed by atoms with Crippen LogP contribution in [0.1, 0.15) is 38.7 Å². The SMILES string of the molecule is CC(C)C(NC(=O)Cc1ccccc1)C(=O)N1C[C@@H]2CCC[C@@]2(C(=O)O)C1. The van der Waals surface area contributed by atoms with Crippen LogP contribution in [0.2, 0.25) is 0 Å². The van der Waals surface area contributed by atoms with Crippen molar-refractivity contribution in [1.29, 1.82) is 0 Å². The lowest BCUT2D eigenvalue weighted by Gasteiger charge is -2.28. The summed E-state index contributed by atoms with van der Waals surface area (Å²) in [6, 6.07) is 8.77. The van der Waals surface area contributed by atoms with Crippen LogP contribution in [0.4, 0.5) is 0 Å². The van der Waals surface area contributed by atoms with Crippen LogP contribution in [-0.2, 0) is 20.8 Å². The predicted molar refractivity (Wildman–Crippen MR) is 101 cm³/mol. The standard InChI is InChI=1S/C21H28N2O4/c1-14(2)18(22-17(24)11-15-7-4-3-5-8-15)19(25)23-12-16-9-6-10-21(16,13-23)20(26)27/h3-5,7-8,14,16,18H,6,9-13H2,1-2H3,(H,22,24)(H,26,27)/t16-,18?,21+/m0/s1. The topological polar surface area (TPSA) is 86.7 Å². The van der Waals surface area contributed by atoms with Crippen LogP contribution in [-0.4, -0.2) is 46.9 Å². The van der Waals surface area contributed by atoms with Crippen molar-refractivity contribution < 1.29 is 19.5 Å². The van der Waals surface area contributed by atoms with E-state index < -0.39 is 17.4 Å². The van der Waals surface area contributed by atoms with Crippen molar-refractivity contribution in [3.05, 3.63) is 35.9 Å². The molecule has 2 fully saturated rings. The Morgan fingerprint density at radius 2 is 1.96 bits per heavy atom. The minimum atomic E-state index is -0.800. The fraction of sp³-hybridized carbons (Fsp3) is 0.571. The number of carboxylic acids is 1. The highest BCUT2D eigenvalue weighted by atomic mass is 16.4. The van der Waals surface area contributed by atoms with Crippen LogP contribution in [0.25, 0.3) is 0 Å². The Balaban J connectivity index is 1.67. The van der Waals surface area contributed by atoms with Gasteiger partial charge in [0.1, 0.15) is 6.04 Å². The Morgan fingerprint density at radius 1 is 1.26 bits per heavy atom. The first-order chi connectivity index (χ1) is 12.8. The average Bonchev–Trinajstić information content (AvgIpc) is 3.18. The number of likely N-dealkylation sites (tertiary alicyclic amines) is 1. The first-order valence-electron chi connectivity index (χ1n) is 9.69. The van der Waals surface area contributed by atoms with E-state index in [4.69, 9.17) is 0 Å². The second-order valence-electron chi connectivity index (χ2n) is 8.22. The smallest absolute Gasteiger partial charge is 0.311 e. The summed E-state index contributed by atoms with van der Waals surface area (Å²) in [4.78, 5) is 39.0. The van der Waals surface area contributed by atoms with Crippen molar-refractivity contribution >= 4 is 17.8 Å². The molecule has 0 bridgehead atoms. The zero-order chi connectivity index (χ0) is 19.6. The highest BCUT2D eigenvalue weighted by Crippen LogP contribution is 2.49. The molecular weight excluding hydrogens is 344 g/mol. The molecule has 6 heteroatoms. The van der Waals surface area contributed by atoms with Gasteiger partial charge in [-0.05, 0) is 30.2 Å². The van der Waals surface area contributed by atoms with Gasteiger partial charge in [-0.1, -0.05) is 50.6 Å². The van der Waals surface area contributed by atoms with Gasteiger partial charge in [-0.3, -0.25) is 14.4 Å². The van der Waals surface area contributed by atoms with Crippen LogP contribution < -0.4 is 5.32 Å². The summed E-state index contributed by atoms with van der Waals surface area (Å²) in [5, 5.41) is 12.6. The number of carbonyl (C=O) groups excluding carboxylic acids is 2. The van der Waals surface area contributed by atoms with Gasteiger partial charge in [0, 0.05) is 13.1 Å². The van der Waals surface area contributed by atoms with Crippen molar-refractivity contribution in [3.8, 4) is 0 Å². The van der Waals surface area contributed by atoms with E-state index in [-0.39, 0.29) is 36.6 Å². The Labute approximate surface area is 159 Å². The zero-order valence-corrected chi connectivity index (χ0v) is 16.0. The highest BCUT2D eigenvalue weighted by Gasteiger charge is 2.56. The lowest BCUT2D eigenvalue weighted by Crippen LogP contribution is -2.51. The molecule has 1 heterocycles. The molecule has 2 amide bonds. The molecular formula is C21H28N2O4. The number of amides is 2. The van der Waals surface area contributed by atoms with E-state index in [1.165, 1.54) is 0 Å². The lowest BCUT2D eigenvalue weighted by molar-refractivity contribution is -0.150. The summed E-state index contributed by atoms with van der Waals surface area (Å²) in [6.45, 7) is 4.52. The van der Waals surface area contributed by atoms with Crippen LogP contribution in [0.15, 0.2) is 30.3 Å². The summed E-state index contributed by atoms with van der Waals surface area (Å²) < 4.78 is 0. The largest absolute Gasteiger partial charge is 0.481 e. The van der Waals surface area contributed by atoms with Crippen LogP contribution >= 0.6 is 0 Å². The Bertz CT molecular complexity index is 718. The average molecular weight is 372 g/mol. The number of aliphatic carboxylic acids is 1. The molecule has 0 radical (unpaired) electrons. The van der Waals surface area contributed by atoms with Crippen LogP contribution in [0.3, 0.4) is 0 Å². The monoisotopic (exact) mass is 372 g/mol. The van der Waals surface area contributed by atoms with Gasteiger partial charge >= 0.3 is 5.97 Å². The van der Waals surface area contributed by atoms with Crippen molar-refractivity contribution in [2.45, 2.75) is 45.6 Å². The molecule has 2 N–H and O–H groups in total. The Kier molecular flexibility index (Phi) is 5.53. The highest BCUT2D eigenvalue weighted by molar-refractivity contribution is 5.89. The first-order valence-corrected chi connectivity index (χ1v) is 9.69. The molecule has 6 nitrogen and oxygen atoms in total. The number of fused-ring (bicyclic) bond motifs is 1. The van der Waals surface area contributed by atoms with Crippen molar-refractivity contribution in [2.75, 3.05) is 13.1 Å². The third-order valence-corrected chi connectivity index (χ3v) is 6.07. The molecule has 146 valence electrons. The predicted octanol–water partition coefficient (Wildman–Crippen LogP) is 2.08. The number of nitrogens with zero attached hydrogens (tertiary/aromatic N) is 1. The molecule has 1 saturated heterocycles. The van der Waals surface area contributed by atoms with Gasteiger partial charge in [-0.15, -0.1) is 0 Å². The van der Waals surface area contributed by atoms with E-state index >= 15 is 0 Å². The maximum atomic E-state index is 13.1. The minimum Gasteiger partial charge on any atom is -0.481 e. The molecule has 1 aliphatic heterocycles. The number of rotatable bonds is 6. The molecule has 27 heavy (non-hydrogen) atoms. The fourth-order valence-electron chi connectivity index (χ4n) is 4.52. The molecule has 1 saturated carbocycles. The maximum Gasteiger partial charge on any atom is 0.311 e. The van der Waals surface area contributed by atoms with E-state index in [0.29, 0.717) is 13.0 Å².